The number of aryl methyl sites for hydroxylation is 2. The molecule has 0 radical (unpaired) electrons. The maximum atomic E-state index is 8.72. The SMILES string of the molecule is Cc1ccc(C#N)cc1CCCBr. The van der Waals surface area contributed by atoms with Crippen molar-refractivity contribution in [2.75, 3.05) is 5.33 Å². The molecule has 1 nitrogen and oxygen atoms in total. The van der Waals surface area contributed by atoms with Crippen molar-refractivity contribution in [3.63, 3.8) is 0 Å². The third-order valence-corrected chi connectivity index (χ3v) is 2.62. The fourth-order valence-electron chi connectivity index (χ4n) is 1.27. The van der Waals surface area contributed by atoms with Crippen LogP contribution >= 0.6 is 15.9 Å². The Kier molecular flexibility index (Phi) is 3.98. The smallest absolute Gasteiger partial charge is 0.0991 e. The summed E-state index contributed by atoms with van der Waals surface area (Å²) in [5.41, 5.74) is 3.33. The van der Waals surface area contributed by atoms with E-state index in [1.807, 2.05) is 18.2 Å². The van der Waals surface area contributed by atoms with Crippen LogP contribution in [0.25, 0.3) is 0 Å². The van der Waals surface area contributed by atoms with Crippen molar-refractivity contribution in [3.05, 3.63) is 34.9 Å². The number of alkyl halides is 1. The first-order valence-electron chi connectivity index (χ1n) is 4.33. The van der Waals surface area contributed by atoms with Crippen molar-refractivity contribution in [3.8, 4) is 6.07 Å². The summed E-state index contributed by atoms with van der Waals surface area (Å²) in [6.07, 6.45) is 2.17. The number of benzene rings is 1. The monoisotopic (exact) mass is 237 g/mol. The molecule has 1 rings (SSSR count). The first kappa shape index (κ1) is 10.3. The molecule has 1 aromatic rings. The Morgan fingerprint density at radius 1 is 1.46 bits per heavy atom. The third kappa shape index (κ3) is 2.86. The van der Waals surface area contributed by atoms with E-state index < -0.39 is 0 Å². The lowest BCUT2D eigenvalue weighted by atomic mass is 10.0. The van der Waals surface area contributed by atoms with E-state index in [4.69, 9.17) is 5.26 Å². The Morgan fingerprint density at radius 3 is 2.85 bits per heavy atom. The van der Waals surface area contributed by atoms with E-state index in [-0.39, 0.29) is 0 Å². The maximum absolute atomic E-state index is 8.72. The molecule has 0 N–H and O–H groups in total. The first-order valence-corrected chi connectivity index (χ1v) is 5.45. The van der Waals surface area contributed by atoms with Gasteiger partial charge in [0.05, 0.1) is 11.6 Å². The molecule has 1 aromatic carbocycles. The lowest BCUT2D eigenvalue weighted by molar-refractivity contribution is 0.929. The Labute approximate surface area is 87.5 Å². The summed E-state index contributed by atoms with van der Waals surface area (Å²) in [4.78, 5) is 0. The van der Waals surface area contributed by atoms with E-state index in [1.54, 1.807) is 0 Å². The zero-order chi connectivity index (χ0) is 9.68. The van der Waals surface area contributed by atoms with Crippen LogP contribution < -0.4 is 0 Å². The quantitative estimate of drug-likeness (QED) is 0.742. The van der Waals surface area contributed by atoms with Gasteiger partial charge in [-0.05, 0) is 43.0 Å². The van der Waals surface area contributed by atoms with Crippen LogP contribution in [-0.4, -0.2) is 5.33 Å². The number of nitriles is 1. The van der Waals surface area contributed by atoms with Crippen molar-refractivity contribution < 1.29 is 0 Å². The van der Waals surface area contributed by atoms with E-state index in [0.29, 0.717) is 0 Å². The second-order valence-electron chi connectivity index (χ2n) is 3.05. The lowest BCUT2D eigenvalue weighted by Gasteiger charge is -2.04. The predicted molar refractivity (Wildman–Crippen MR) is 58.0 cm³/mol. The molecule has 2 heteroatoms. The van der Waals surface area contributed by atoms with Crippen LogP contribution in [-0.2, 0) is 6.42 Å². The second-order valence-corrected chi connectivity index (χ2v) is 3.84. The summed E-state index contributed by atoms with van der Waals surface area (Å²) in [7, 11) is 0. The Hall–Kier alpha value is -0.810. The molecule has 0 saturated carbocycles. The minimum Gasteiger partial charge on any atom is -0.192 e. The number of hydrogen-bond acceptors (Lipinski definition) is 1. The standard InChI is InChI=1S/C11H12BrN/c1-9-4-5-10(8-13)7-11(9)3-2-6-12/h4-5,7H,2-3,6H2,1H3. The fraction of sp³-hybridized carbons (Fsp3) is 0.364. The lowest BCUT2D eigenvalue weighted by Crippen LogP contribution is -1.91. The molecule has 0 spiro atoms. The van der Waals surface area contributed by atoms with Gasteiger partial charge in [-0.25, -0.2) is 0 Å². The molecule has 0 aromatic heterocycles. The number of rotatable bonds is 3. The van der Waals surface area contributed by atoms with Crippen LogP contribution in [0.5, 0.6) is 0 Å². The van der Waals surface area contributed by atoms with E-state index in [9.17, 15) is 0 Å². The zero-order valence-corrected chi connectivity index (χ0v) is 9.26. The van der Waals surface area contributed by atoms with Crippen LogP contribution in [0.2, 0.25) is 0 Å². The molecule has 13 heavy (non-hydrogen) atoms. The van der Waals surface area contributed by atoms with Gasteiger partial charge in [0, 0.05) is 5.33 Å². The first-order chi connectivity index (χ1) is 6.27. The maximum Gasteiger partial charge on any atom is 0.0991 e. The highest BCUT2D eigenvalue weighted by molar-refractivity contribution is 9.09. The molecule has 0 saturated heterocycles. The molecule has 0 heterocycles. The molecule has 0 bridgehead atoms. The second kappa shape index (κ2) is 5.04. The van der Waals surface area contributed by atoms with Gasteiger partial charge < -0.3 is 0 Å². The summed E-state index contributed by atoms with van der Waals surface area (Å²) in [5.74, 6) is 0. The van der Waals surface area contributed by atoms with Gasteiger partial charge in [0.25, 0.3) is 0 Å². The summed E-state index contributed by atoms with van der Waals surface area (Å²) in [6, 6.07) is 8.03. The fourth-order valence-corrected chi connectivity index (χ4v) is 1.55. The normalized spacial score (nSPS) is 9.62. The topological polar surface area (TPSA) is 23.8 Å². The minimum atomic E-state index is 0.759. The Morgan fingerprint density at radius 2 is 2.23 bits per heavy atom. The average Bonchev–Trinajstić information content (AvgIpc) is 2.17. The number of nitrogens with zero attached hydrogens (tertiary/aromatic N) is 1. The van der Waals surface area contributed by atoms with E-state index in [0.717, 1.165) is 23.7 Å². The molecular weight excluding hydrogens is 226 g/mol. The van der Waals surface area contributed by atoms with Crippen molar-refractivity contribution in [1.82, 2.24) is 0 Å². The van der Waals surface area contributed by atoms with Gasteiger partial charge in [-0.15, -0.1) is 0 Å². The summed E-state index contributed by atoms with van der Waals surface area (Å²) in [5, 5.41) is 9.74. The van der Waals surface area contributed by atoms with Gasteiger partial charge in [-0.1, -0.05) is 22.0 Å². The highest BCUT2D eigenvalue weighted by Gasteiger charge is 1.99. The minimum absolute atomic E-state index is 0.759. The molecule has 0 aliphatic heterocycles. The summed E-state index contributed by atoms with van der Waals surface area (Å²) in [6.45, 7) is 2.09. The van der Waals surface area contributed by atoms with Crippen molar-refractivity contribution in [2.24, 2.45) is 0 Å². The van der Waals surface area contributed by atoms with Crippen LogP contribution in [0.15, 0.2) is 18.2 Å². The predicted octanol–water partition coefficient (Wildman–Crippen LogP) is 3.19. The molecule has 68 valence electrons. The molecular formula is C11H12BrN. The zero-order valence-electron chi connectivity index (χ0n) is 7.68. The van der Waals surface area contributed by atoms with Crippen LogP contribution in [0.4, 0.5) is 0 Å². The Bertz CT molecular complexity index is 325. The van der Waals surface area contributed by atoms with Gasteiger partial charge in [0.15, 0.2) is 0 Å². The van der Waals surface area contributed by atoms with E-state index in [2.05, 4.69) is 28.9 Å². The Balaban J connectivity index is 2.85. The van der Waals surface area contributed by atoms with Crippen LogP contribution in [0, 0.1) is 18.3 Å². The van der Waals surface area contributed by atoms with Crippen LogP contribution in [0.1, 0.15) is 23.1 Å². The molecule has 0 fully saturated rings. The molecule has 0 amide bonds. The van der Waals surface area contributed by atoms with Crippen molar-refractivity contribution in [2.45, 2.75) is 19.8 Å². The molecule has 0 aliphatic carbocycles. The van der Waals surface area contributed by atoms with E-state index in [1.165, 1.54) is 11.1 Å². The number of hydrogen-bond donors (Lipinski definition) is 0. The van der Waals surface area contributed by atoms with Gasteiger partial charge in [-0.3, -0.25) is 0 Å². The molecule has 0 atom stereocenters. The highest BCUT2D eigenvalue weighted by Crippen LogP contribution is 2.13. The van der Waals surface area contributed by atoms with Gasteiger partial charge in [0.2, 0.25) is 0 Å². The number of halogens is 1. The average molecular weight is 238 g/mol. The van der Waals surface area contributed by atoms with Gasteiger partial charge in [-0.2, -0.15) is 5.26 Å². The van der Waals surface area contributed by atoms with Crippen molar-refractivity contribution in [1.29, 1.82) is 5.26 Å². The largest absolute Gasteiger partial charge is 0.192 e. The van der Waals surface area contributed by atoms with Crippen LogP contribution in [0.3, 0.4) is 0 Å². The summed E-state index contributed by atoms with van der Waals surface area (Å²) < 4.78 is 0. The van der Waals surface area contributed by atoms with Gasteiger partial charge in [0.1, 0.15) is 0 Å². The van der Waals surface area contributed by atoms with E-state index >= 15 is 0 Å². The highest BCUT2D eigenvalue weighted by atomic mass is 79.9. The summed E-state index contributed by atoms with van der Waals surface area (Å²) >= 11 is 3.40. The molecule has 0 aliphatic rings. The third-order valence-electron chi connectivity index (χ3n) is 2.06. The molecule has 0 unspecified atom stereocenters. The van der Waals surface area contributed by atoms with Crippen molar-refractivity contribution >= 4 is 15.9 Å². The van der Waals surface area contributed by atoms with Gasteiger partial charge >= 0.3 is 0 Å².